The third-order valence-electron chi connectivity index (χ3n) is 8.39. The van der Waals surface area contributed by atoms with Crippen LogP contribution in [-0.2, 0) is 19.7 Å². The van der Waals surface area contributed by atoms with Gasteiger partial charge in [0, 0.05) is 17.3 Å². The molecule has 1 heterocycles. The standard InChI is InChI=1S/C32H36N2O7S2/c1-41-29-19-10-20-33-30(29)34(31(35)23-11-8-17-27(21-23)42(37,38)25-13-4-2-5-14-25)32(36)24-12-9-18-28(22-24)43(39,40)26-15-6-3-7-16-26/h8-12,17-22,25-26H,2-7,13-16H2,1H3. The van der Waals surface area contributed by atoms with E-state index in [0.717, 1.165) is 43.4 Å². The summed E-state index contributed by atoms with van der Waals surface area (Å²) < 4.78 is 59.2. The zero-order valence-corrected chi connectivity index (χ0v) is 25.8. The van der Waals surface area contributed by atoms with Crippen molar-refractivity contribution in [2.75, 3.05) is 12.0 Å². The number of aromatic nitrogens is 1. The minimum atomic E-state index is -3.69. The molecule has 0 N–H and O–H groups in total. The van der Waals surface area contributed by atoms with Crippen LogP contribution in [0.4, 0.5) is 5.82 Å². The van der Waals surface area contributed by atoms with E-state index in [1.54, 1.807) is 12.1 Å². The number of carbonyl (C=O) groups excluding carboxylic acids is 2. The molecule has 2 saturated carbocycles. The summed E-state index contributed by atoms with van der Waals surface area (Å²) in [5.41, 5.74) is -0.0483. The van der Waals surface area contributed by atoms with Gasteiger partial charge in [-0.05, 0) is 74.2 Å². The summed E-state index contributed by atoms with van der Waals surface area (Å²) in [7, 11) is -6.00. The lowest BCUT2D eigenvalue weighted by Crippen LogP contribution is -2.38. The van der Waals surface area contributed by atoms with Gasteiger partial charge in [0.2, 0.25) is 0 Å². The fourth-order valence-electron chi connectivity index (χ4n) is 6.00. The summed E-state index contributed by atoms with van der Waals surface area (Å²) in [6.07, 6.45) is 8.99. The van der Waals surface area contributed by atoms with Crippen molar-refractivity contribution >= 4 is 37.3 Å². The molecule has 43 heavy (non-hydrogen) atoms. The second-order valence-corrected chi connectivity index (χ2v) is 15.6. The van der Waals surface area contributed by atoms with E-state index in [1.165, 1.54) is 61.8 Å². The average molecular weight is 625 g/mol. The van der Waals surface area contributed by atoms with Crippen LogP contribution >= 0.6 is 0 Å². The van der Waals surface area contributed by atoms with Crippen molar-refractivity contribution < 1.29 is 31.2 Å². The maximum absolute atomic E-state index is 14.1. The van der Waals surface area contributed by atoms with Crippen molar-refractivity contribution in [1.82, 2.24) is 4.98 Å². The number of anilines is 1. The third-order valence-corrected chi connectivity index (χ3v) is 12.9. The van der Waals surface area contributed by atoms with Crippen LogP contribution in [0.25, 0.3) is 0 Å². The molecule has 2 aromatic carbocycles. The number of rotatable bonds is 8. The van der Waals surface area contributed by atoms with E-state index in [-0.39, 0.29) is 32.5 Å². The van der Waals surface area contributed by atoms with Crippen molar-refractivity contribution in [2.24, 2.45) is 0 Å². The van der Waals surface area contributed by atoms with Crippen molar-refractivity contribution in [3.8, 4) is 5.75 Å². The molecule has 1 aromatic heterocycles. The van der Waals surface area contributed by atoms with Gasteiger partial charge < -0.3 is 4.74 Å². The van der Waals surface area contributed by atoms with Crippen LogP contribution in [-0.4, -0.2) is 51.2 Å². The van der Waals surface area contributed by atoms with E-state index >= 15 is 0 Å². The SMILES string of the molecule is COc1cccnc1N(C(=O)c1cccc(S(=O)(=O)C2CCCCC2)c1)C(=O)c1cccc(S(=O)(=O)C2CCCCC2)c1. The third kappa shape index (κ3) is 6.38. The first-order valence-corrected chi connectivity index (χ1v) is 17.8. The Labute approximate surface area is 253 Å². The summed E-state index contributed by atoms with van der Waals surface area (Å²) in [4.78, 5) is 33.3. The Morgan fingerprint density at radius 3 is 1.60 bits per heavy atom. The predicted octanol–water partition coefficient (Wildman–Crippen LogP) is 5.79. The molecule has 0 radical (unpaired) electrons. The highest BCUT2D eigenvalue weighted by Gasteiger charge is 2.34. The second kappa shape index (κ2) is 13.0. The number of imide groups is 1. The van der Waals surface area contributed by atoms with Gasteiger partial charge in [0.15, 0.2) is 31.2 Å². The fourth-order valence-corrected chi connectivity index (χ4v) is 9.80. The molecule has 11 heteroatoms. The van der Waals surface area contributed by atoms with Crippen molar-refractivity contribution in [3.05, 3.63) is 78.0 Å². The molecule has 5 rings (SSSR count). The van der Waals surface area contributed by atoms with Crippen LogP contribution in [0.3, 0.4) is 0 Å². The number of hydrogen-bond acceptors (Lipinski definition) is 8. The number of nitrogens with zero attached hydrogens (tertiary/aromatic N) is 2. The van der Waals surface area contributed by atoms with Crippen molar-refractivity contribution in [1.29, 1.82) is 0 Å². The number of carbonyl (C=O) groups is 2. The van der Waals surface area contributed by atoms with Gasteiger partial charge in [-0.25, -0.2) is 26.7 Å². The van der Waals surface area contributed by atoms with Crippen LogP contribution in [0.15, 0.2) is 76.7 Å². The van der Waals surface area contributed by atoms with E-state index in [0.29, 0.717) is 25.7 Å². The molecule has 2 amide bonds. The quantitative estimate of drug-likeness (QED) is 0.288. The Balaban J connectivity index is 1.55. The molecule has 228 valence electrons. The summed E-state index contributed by atoms with van der Waals surface area (Å²) >= 11 is 0. The molecule has 0 aliphatic heterocycles. The molecule has 3 aromatic rings. The number of sulfone groups is 2. The van der Waals surface area contributed by atoms with Gasteiger partial charge >= 0.3 is 0 Å². The smallest absolute Gasteiger partial charge is 0.266 e. The summed E-state index contributed by atoms with van der Waals surface area (Å²) in [6.45, 7) is 0. The lowest BCUT2D eigenvalue weighted by Gasteiger charge is -2.24. The molecule has 0 unspecified atom stereocenters. The molecule has 9 nitrogen and oxygen atoms in total. The summed E-state index contributed by atoms with van der Waals surface area (Å²) in [5.74, 6) is -1.59. The normalized spacial score (nSPS) is 16.9. The summed E-state index contributed by atoms with van der Waals surface area (Å²) in [5, 5.41) is -1.04. The van der Waals surface area contributed by atoms with Gasteiger partial charge in [0.1, 0.15) is 0 Å². The van der Waals surface area contributed by atoms with E-state index in [1.807, 2.05) is 0 Å². The first kappa shape index (κ1) is 30.9. The first-order valence-electron chi connectivity index (χ1n) is 14.7. The van der Waals surface area contributed by atoms with E-state index in [9.17, 15) is 26.4 Å². The van der Waals surface area contributed by atoms with Crippen molar-refractivity contribution in [3.63, 3.8) is 0 Å². The number of methoxy groups -OCH3 is 1. The second-order valence-electron chi connectivity index (χ2n) is 11.1. The first-order chi connectivity index (χ1) is 20.6. The topological polar surface area (TPSA) is 128 Å². The van der Waals surface area contributed by atoms with Gasteiger partial charge in [-0.3, -0.25) is 9.59 Å². The van der Waals surface area contributed by atoms with Crippen LogP contribution in [0.5, 0.6) is 5.75 Å². The maximum Gasteiger partial charge on any atom is 0.266 e. The lowest BCUT2D eigenvalue weighted by atomic mass is 10.0. The molecule has 0 atom stereocenters. The van der Waals surface area contributed by atoms with Crippen LogP contribution < -0.4 is 9.64 Å². The Kier molecular flexibility index (Phi) is 9.31. The Morgan fingerprint density at radius 2 is 1.16 bits per heavy atom. The Hall–Kier alpha value is -3.57. The van der Waals surface area contributed by atoms with Gasteiger partial charge in [-0.1, -0.05) is 50.7 Å². The minimum absolute atomic E-state index is 0.0196. The fraction of sp³-hybridized carbons (Fsp3) is 0.406. The van der Waals surface area contributed by atoms with E-state index in [2.05, 4.69) is 4.98 Å². The zero-order chi connectivity index (χ0) is 30.6. The Morgan fingerprint density at radius 1 is 0.698 bits per heavy atom. The molecule has 0 bridgehead atoms. The highest BCUT2D eigenvalue weighted by atomic mass is 32.2. The highest BCUT2D eigenvalue weighted by Crippen LogP contribution is 2.33. The number of ether oxygens (including phenoxy) is 1. The Bertz CT molecular complexity index is 1610. The molecule has 2 aliphatic carbocycles. The summed E-state index contributed by atoms with van der Waals surface area (Å²) in [6, 6.07) is 14.5. The maximum atomic E-state index is 14.1. The number of amides is 2. The number of benzene rings is 2. The zero-order valence-electron chi connectivity index (χ0n) is 24.1. The predicted molar refractivity (Wildman–Crippen MR) is 163 cm³/mol. The van der Waals surface area contributed by atoms with Gasteiger partial charge in [0.05, 0.1) is 27.4 Å². The molecule has 0 spiro atoms. The molecular weight excluding hydrogens is 588 g/mol. The van der Waals surface area contributed by atoms with Gasteiger partial charge in [-0.15, -0.1) is 0 Å². The van der Waals surface area contributed by atoms with Gasteiger partial charge in [0.25, 0.3) is 11.8 Å². The number of pyridine rings is 1. The largest absolute Gasteiger partial charge is 0.493 e. The van der Waals surface area contributed by atoms with Crippen LogP contribution in [0, 0.1) is 0 Å². The number of hydrogen-bond donors (Lipinski definition) is 0. The molecule has 2 aliphatic rings. The van der Waals surface area contributed by atoms with Crippen molar-refractivity contribution in [2.45, 2.75) is 84.5 Å². The van der Waals surface area contributed by atoms with Crippen LogP contribution in [0.1, 0.15) is 84.9 Å². The van der Waals surface area contributed by atoms with E-state index < -0.39 is 42.0 Å². The molecule has 0 saturated heterocycles. The average Bonchev–Trinajstić information content (AvgIpc) is 3.06. The molecular formula is C32H36N2O7S2. The molecule has 2 fully saturated rings. The highest BCUT2D eigenvalue weighted by molar-refractivity contribution is 7.92. The van der Waals surface area contributed by atoms with Crippen LogP contribution in [0.2, 0.25) is 0 Å². The van der Waals surface area contributed by atoms with E-state index in [4.69, 9.17) is 4.74 Å². The lowest BCUT2D eigenvalue weighted by molar-refractivity contribution is 0.0895. The monoisotopic (exact) mass is 624 g/mol. The van der Waals surface area contributed by atoms with Gasteiger partial charge in [-0.2, -0.15) is 0 Å². The minimum Gasteiger partial charge on any atom is -0.493 e.